The van der Waals surface area contributed by atoms with Gasteiger partial charge in [-0.25, -0.2) is 13.6 Å². The number of halogens is 2. The third kappa shape index (κ3) is 7.71. The topological polar surface area (TPSA) is 73.9 Å². The molecule has 3 rings (SSSR count). The Hall–Kier alpha value is -3.20. The van der Waals surface area contributed by atoms with Crippen molar-refractivity contribution < 1.29 is 23.1 Å². The third-order valence-corrected chi connectivity index (χ3v) is 5.42. The Labute approximate surface area is 192 Å². The molecule has 0 unspecified atom stereocenters. The number of piperazine rings is 1. The molecule has 33 heavy (non-hydrogen) atoms. The van der Waals surface area contributed by atoms with Crippen LogP contribution in [0.15, 0.2) is 48.5 Å². The molecular formula is C24H30F2N4O3. The highest BCUT2D eigenvalue weighted by atomic mass is 19.3. The van der Waals surface area contributed by atoms with Crippen LogP contribution in [0.3, 0.4) is 0 Å². The zero-order valence-electron chi connectivity index (χ0n) is 18.7. The van der Waals surface area contributed by atoms with Crippen LogP contribution in [-0.2, 0) is 17.8 Å². The second-order valence-corrected chi connectivity index (χ2v) is 7.83. The van der Waals surface area contributed by atoms with Crippen LogP contribution < -0.4 is 15.4 Å². The lowest BCUT2D eigenvalue weighted by molar-refractivity contribution is -0.117. The number of nitrogens with one attached hydrogen (secondary N) is 2. The van der Waals surface area contributed by atoms with Crippen LogP contribution in [0.2, 0.25) is 0 Å². The third-order valence-electron chi connectivity index (χ3n) is 5.42. The van der Waals surface area contributed by atoms with Crippen molar-refractivity contribution in [3.05, 3.63) is 59.7 Å². The molecule has 7 nitrogen and oxygen atoms in total. The molecule has 0 aromatic heterocycles. The minimum Gasteiger partial charge on any atom is -0.488 e. The van der Waals surface area contributed by atoms with Gasteiger partial charge < -0.3 is 20.3 Å². The molecule has 1 saturated heterocycles. The number of para-hydroxylation sites is 1. The van der Waals surface area contributed by atoms with E-state index in [1.54, 1.807) is 29.2 Å². The fraction of sp³-hybridized carbons (Fsp3) is 0.417. The number of rotatable bonds is 9. The van der Waals surface area contributed by atoms with Crippen molar-refractivity contribution in [2.75, 3.05) is 44.6 Å². The van der Waals surface area contributed by atoms with Gasteiger partial charge in [-0.1, -0.05) is 37.3 Å². The molecule has 0 radical (unpaired) electrons. The van der Waals surface area contributed by atoms with E-state index in [1.165, 1.54) is 0 Å². The Morgan fingerprint density at radius 2 is 1.82 bits per heavy atom. The summed E-state index contributed by atoms with van der Waals surface area (Å²) in [6.45, 7) is 4.17. The second kappa shape index (κ2) is 12.2. The highest BCUT2D eigenvalue weighted by Gasteiger charge is 2.22. The first-order valence-corrected chi connectivity index (χ1v) is 11.1. The first-order valence-electron chi connectivity index (χ1n) is 11.1. The number of hydrogen-bond donors (Lipinski definition) is 2. The maximum atomic E-state index is 12.5. The van der Waals surface area contributed by atoms with Crippen molar-refractivity contribution in [3.63, 3.8) is 0 Å². The van der Waals surface area contributed by atoms with Crippen molar-refractivity contribution in [1.29, 1.82) is 0 Å². The van der Waals surface area contributed by atoms with Gasteiger partial charge in [0.1, 0.15) is 12.4 Å². The molecule has 0 atom stereocenters. The molecule has 1 aliphatic rings. The minimum atomic E-state index is -2.54. The van der Waals surface area contributed by atoms with Gasteiger partial charge in [0.25, 0.3) is 6.43 Å². The molecule has 9 heteroatoms. The number of hydrogen-bond acceptors (Lipinski definition) is 4. The monoisotopic (exact) mass is 460 g/mol. The summed E-state index contributed by atoms with van der Waals surface area (Å²) >= 11 is 0. The summed E-state index contributed by atoms with van der Waals surface area (Å²) in [5.74, 6) is 0.276. The maximum Gasteiger partial charge on any atom is 0.317 e. The molecule has 1 fully saturated rings. The molecular weight excluding hydrogens is 430 g/mol. The normalized spacial score (nSPS) is 14.2. The number of aryl methyl sites for hydroxylation is 1. The predicted octanol–water partition coefficient (Wildman–Crippen LogP) is 3.36. The number of carbonyl (C=O) groups is 2. The highest BCUT2D eigenvalue weighted by Crippen LogP contribution is 2.16. The van der Waals surface area contributed by atoms with Crippen LogP contribution in [0, 0.1) is 0 Å². The van der Waals surface area contributed by atoms with Crippen LogP contribution in [0.25, 0.3) is 0 Å². The largest absolute Gasteiger partial charge is 0.488 e. The first kappa shape index (κ1) is 24.4. The lowest BCUT2D eigenvalue weighted by Crippen LogP contribution is -2.52. The van der Waals surface area contributed by atoms with E-state index in [9.17, 15) is 18.4 Å². The van der Waals surface area contributed by atoms with Crippen molar-refractivity contribution in [1.82, 2.24) is 15.1 Å². The number of benzene rings is 2. The highest BCUT2D eigenvalue weighted by molar-refractivity contribution is 5.93. The van der Waals surface area contributed by atoms with Crippen LogP contribution in [0.4, 0.5) is 19.3 Å². The molecule has 2 aromatic carbocycles. The molecule has 3 amide bonds. The van der Waals surface area contributed by atoms with Gasteiger partial charge >= 0.3 is 6.03 Å². The average molecular weight is 461 g/mol. The summed E-state index contributed by atoms with van der Waals surface area (Å²) in [5.41, 5.74) is 2.70. The van der Waals surface area contributed by atoms with E-state index in [0.29, 0.717) is 31.9 Å². The van der Waals surface area contributed by atoms with Crippen LogP contribution in [0.1, 0.15) is 18.1 Å². The van der Waals surface area contributed by atoms with E-state index in [0.717, 1.165) is 23.2 Å². The van der Waals surface area contributed by atoms with Crippen LogP contribution >= 0.6 is 0 Å². The minimum absolute atomic E-state index is 0.0669. The summed E-state index contributed by atoms with van der Waals surface area (Å²) in [4.78, 5) is 28.7. The molecule has 1 aliphatic heterocycles. The molecule has 0 aliphatic carbocycles. The number of nitrogens with zero attached hydrogens (tertiary/aromatic N) is 2. The lowest BCUT2D eigenvalue weighted by Gasteiger charge is -2.34. The number of amides is 3. The van der Waals surface area contributed by atoms with E-state index < -0.39 is 13.0 Å². The van der Waals surface area contributed by atoms with E-state index in [1.807, 2.05) is 36.1 Å². The van der Waals surface area contributed by atoms with Gasteiger partial charge in [0.15, 0.2) is 0 Å². The van der Waals surface area contributed by atoms with Gasteiger partial charge in [-0.15, -0.1) is 0 Å². The summed E-state index contributed by atoms with van der Waals surface area (Å²) in [6.07, 6.45) is -1.69. The van der Waals surface area contributed by atoms with Crippen molar-refractivity contribution in [3.8, 4) is 5.75 Å². The van der Waals surface area contributed by atoms with E-state index in [4.69, 9.17) is 4.74 Å². The van der Waals surface area contributed by atoms with E-state index in [-0.39, 0.29) is 25.0 Å². The second-order valence-electron chi connectivity index (χ2n) is 7.83. The van der Waals surface area contributed by atoms with E-state index in [2.05, 4.69) is 10.6 Å². The molecule has 0 bridgehead atoms. The smallest absolute Gasteiger partial charge is 0.317 e. The zero-order valence-corrected chi connectivity index (χ0v) is 18.7. The van der Waals surface area contributed by atoms with Crippen molar-refractivity contribution in [2.45, 2.75) is 26.3 Å². The van der Waals surface area contributed by atoms with Gasteiger partial charge in [-0.3, -0.25) is 9.69 Å². The maximum absolute atomic E-state index is 12.5. The number of alkyl halides is 2. The average Bonchev–Trinajstić information content (AvgIpc) is 2.82. The number of anilines is 1. The number of urea groups is 1. The van der Waals surface area contributed by atoms with Gasteiger partial charge in [-0.2, -0.15) is 0 Å². The molecule has 0 spiro atoms. The van der Waals surface area contributed by atoms with Gasteiger partial charge in [0.2, 0.25) is 5.91 Å². The standard InChI is InChI=1S/C24H30F2N4O3/c1-2-19-7-3-4-9-21(19)28-23(31)16-29-10-12-30(13-11-29)24(32)27-15-18-6-5-8-20(14-18)33-17-22(25)26/h3-9,14,22H,2,10-13,15-17H2,1H3,(H,27,32)(H,28,31). The van der Waals surface area contributed by atoms with Crippen LogP contribution in [0.5, 0.6) is 5.75 Å². The van der Waals surface area contributed by atoms with Crippen LogP contribution in [-0.4, -0.2) is 67.5 Å². The summed E-state index contributed by atoms with van der Waals surface area (Å²) in [7, 11) is 0. The first-order chi connectivity index (χ1) is 15.9. The Morgan fingerprint density at radius 1 is 1.06 bits per heavy atom. The molecule has 1 heterocycles. The quantitative estimate of drug-likeness (QED) is 0.602. The summed E-state index contributed by atoms with van der Waals surface area (Å²) in [6, 6.07) is 14.3. The molecule has 178 valence electrons. The predicted molar refractivity (Wildman–Crippen MR) is 123 cm³/mol. The Bertz CT molecular complexity index is 933. The molecule has 2 aromatic rings. The fourth-order valence-corrected chi connectivity index (χ4v) is 3.65. The number of ether oxygens (including phenoxy) is 1. The zero-order chi connectivity index (χ0) is 23.6. The lowest BCUT2D eigenvalue weighted by atomic mass is 10.1. The van der Waals surface area contributed by atoms with Gasteiger partial charge in [0, 0.05) is 38.4 Å². The number of carbonyl (C=O) groups excluding carboxylic acids is 2. The Morgan fingerprint density at radius 3 is 2.55 bits per heavy atom. The summed E-state index contributed by atoms with van der Waals surface area (Å²) in [5, 5.41) is 5.82. The Balaban J connectivity index is 1.40. The van der Waals surface area contributed by atoms with E-state index >= 15 is 0 Å². The van der Waals surface area contributed by atoms with Crippen molar-refractivity contribution in [2.24, 2.45) is 0 Å². The molecule has 0 saturated carbocycles. The SMILES string of the molecule is CCc1ccccc1NC(=O)CN1CCN(C(=O)NCc2cccc(OCC(F)F)c2)CC1. The summed E-state index contributed by atoms with van der Waals surface area (Å²) < 4.78 is 29.6. The Kier molecular flexibility index (Phi) is 9.00. The van der Waals surface area contributed by atoms with Crippen molar-refractivity contribution >= 4 is 17.6 Å². The van der Waals surface area contributed by atoms with Gasteiger partial charge in [0.05, 0.1) is 6.54 Å². The fourth-order valence-electron chi connectivity index (χ4n) is 3.65. The van der Waals surface area contributed by atoms with Gasteiger partial charge in [-0.05, 0) is 35.7 Å². The molecule has 2 N–H and O–H groups in total.